The number of urea groups is 1. The summed E-state index contributed by atoms with van der Waals surface area (Å²) in [5, 5.41) is 13.6. The number of imide groups is 1. The van der Waals surface area contributed by atoms with Gasteiger partial charge in [-0.1, -0.05) is 6.08 Å². The lowest BCUT2D eigenvalue weighted by molar-refractivity contribution is -0.124. The third kappa shape index (κ3) is 6.03. The molecule has 98 valence electrons. The fraction of sp³-hybridized carbons (Fsp3) is 0.636. The molecule has 6 heteroatoms. The normalized spacial score (nSPS) is 12.0. The maximum absolute atomic E-state index is 11.7. The van der Waals surface area contributed by atoms with Gasteiger partial charge in [0.2, 0.25) is 5.91 Å². The van der Waals surface area contributed by atoms with Crippen molar-refractivity contribution in [3.8, 4) is 0 Å². The van der Waals surface area contributed by atoms with Crippen molar-refractivity contribution in [2.45, 2.75) is 19.9 Å². The lowest BCUT2D eigenvalue weighted by Gasteiger charge is -2.25. The minimum absolute atomic E-state index is 0.0490. The first-order chi connectivity index (χ1) is 8.06. The zero-order chi connectivity index (χ0) is 13.3. The van der Waals surface area contributed by atoms with Crippen LogP contribution in [0.2, 0.25) is 0 Å². The number of carbonyl (C=O) groups is 2. The summed E-state index contributed by atoms with van der Waals surface area (Å²) in [6.07, 6.45) is 1.64. The Kier molecular flexibility index (Phi) is 8.00. The van der Waals surface area contributed by atoms with Gasteiger partial charge in [-0.3, -0.25) is 15.0 Å². The summed E-state index contributed by atoms with van der Waals surface area (Å²) in [5.74, 6) is -0.397. The van der Waals surface area contributed by atoms with Crippen LogP contribution >= 0.6 is 0 Å². The minimum Gasteiger partial charge on any atom is -0.395 e. The van der Waals surface area contributed by atoms with Crippen molar-refractivity contribution in [3.05, 3.63) is 12.7 Å². The van der Waals surface area contributed by atoms with Crippen LogP contribution in [0.15, 0.2) is 12.7 Å². The van der Waals surface area contributed by atoms with E-state index in [2.05, 4.69) is 17.2 Å². The van der Waals surface area contributed by atoms with E-state index < -0.39 is 18.0 Å². The maximum atomic E-state index is 11.7. The van der Waals surface area contributed by atoms with Gasteiger partial charge in [0.1, 0.15) is 0 Å². The summed E-state index contributed by atoms with van der Waals surface area (Å²) in [7, 11) is 0. The average Bonchev–Trinajstić information content (AvgIpc) is 2.28. The Morgan fingerprint density at radius 2 is 2.18 bits per heavy atom. The molecule has 17 heavy (non-hydrogen) atoms. The van der Waals surface area contributed by atoms with E-state index in [0.29, 0.717) is 19.6 Å². The third-order valence-corrected chi connectivity index (χ3v) is 2.25. The van der Waals surface area contributed by atoms with Gasteiger partial charge in [-0.2, -0.15) is 0 Å². The SMILES string of the molecule is C=CCN(CCO)C(C)C(=O)NC(=O)NCC. The van der Waals surface area contributed by atoms with E-state index in [9.17, 15) is 9.59 Å². The molecule has 1 unspecified atom stereocenters. The Hall–Kier alpha value is -1.40. The highest BCUT2D eigenvalue weighted by Gasteiger charge is 2.21. The highest BCUT2D eigenvalue weighted by atomic mass is 16.3. The molecule has 0 fully saturated rings. The van der Waals surface area contributed by atoms with E-state index in [0.717, 1.165) is 0 Å². The summed E-state index contributed by atoms with van der Waals surface area (Å²) >= 11 is 0. The molecule has 0 radical (unpaired) electrons. The first-order valence-corrected chi connectivity index (χ1v) is 5.61. The van der Waals surface area contributed by atoms with Gasteiger partial charge < -0.3 is 10.4 Å². The molecule has 1 atom stereocenters. The second kappa shape index (κ2) is 8.72. The van der Waals surface area contributed by atoms with Crippen molar-refractivity contribution >= 4 is 11.9 Å². The Morgan fingerprint density at radius 3 is 2.65 bits per heavy atom. The maximum Gasteiger partial charge on any atom is 0.321 e. The Balaban J connectivity index is 4.32. The van der Waals surface area contributed by atoms with E-state index in [4.69, 9.17) is 5.11 Å². The smallest absolute Gasteiger partial charge is 0.321 e. The minimum atomic E-state index is -0.507. The molecule has 0 rings (SSSR count). The van der Waals surface area contributed by atoms with E-state index in [1.807, 2.05) is 0 Å². The van der Waals surface area contributed by atoms with Crippen LogP contribution in [-0.2, 0) is 4.79 Å². The molecular weight excluding hydrogens is 222 g/mol. The van der Waals surface area contributed by atoms with Gasteiger partial charge in [0, 0.05) is 19.6 Å². The number of aliphatic hydroxyl groups is 1. The predicted molar refractivity (Wildman–Crippen MR) is 65.5 cm³/mol. The highest BCUT2D eigenvalue weighted by molar-refractivity contribution is 5.96. The zero-order valence-electron chi connectivity index (χ0n) is 10.4. The van der Waals surface area contributed by atoms with Crippen LogP contribution < -0.4 is 10.6 Å². The topological polar surface area (TPSA) is 81.7 Å². The lowest BCUT2D eigenvalue weighted by atomic mass is 10.2. The molecule has 0 saturated carbocycles. The largest absolute Gasteiger partial charge is 0.395 e. The van der Waals surface area contributed by atoms with Crippen molar-refractivity contribution in [1.82, 2.24) is 15.5 Å². The molecule has 0 aromatic carbocycles. The van der Waals surface area contributed by atoms with E-state index in [1.54, 1.807) is 24.8 Å². The van der Waals surface area contributed by atoms with Crippen molar-refractivity contribution < 1.29 is 14.7 Å². The molecule has 0 spiro atoms. The van der Waals surface area contributed by atoms with Crippen molar-refractivity contribution in [1.29, 1.82) is 0 Å². The highest BCUT2D eigenvalue weighted by Crippen LogP contribution is 1.99. The fourth-order valence-electron chi connectivity index (χ4n) is 1.32. The molecule has 3 N–H and O–H groups in total. The van der Waals surface area contributed by atoms with E-state index in [1.165, 1.54) is 0 Å². The molecule has 0 aliphatic carbocycles. The second-order valence-corrected chi connectivity index (χ2v) is 3.53. The van der Waals surface area contributed by atoms with Crippen LogP contribution in [0.1, 0.15) is 13.8 Å². The van der Waals surface area contributed by atoms with Gasteiger partial charge in [-0.05, 0) is 13.8 Å². The molecule has 3 amide bonds. The fourth-order valence-corrected chi connectivity index (χ4v) is 1.32. The number of rotatable bonds is 7. The van der Waals surface area contributed by atoms with Crippen LogP contribution in [0.5, 0.6) is 0 Å². The number of aliphatic hydroxyl groups excluding tert-OH is 1. The van der Waals surface area contributed by atoms with Gasteiger partial charge in [-0.25, -0.2) is 4.79 Å². The Bertz CT molecular complexity index is 269. The number of hydrogen-bond donors (Lipinski definition) is 3. The quantitative estimate of drug-likeness (QED) is 0.536. The molecule has 0 bridgehead atoms. The standard InChI is InChI=1S/C11H21N3O3/c1-4-6-14(7-8-15)9(3)10(16)13-11(17)12-5-2/h4,9,15H,1,5-8H2,2-3H3,(H2,12,13,16,17). The monoisotopic (exact) mass is 243 g/mol. The Morgan fingerprint density at radius 1 is 1.53 bits per heavy atom. The molecular formula is C11H21N3O3. The Labute approximate surface area is 102 Å². The third-order valence-electron chi connectivity index (χ3n) is 2.25. The number of nitrogens with zero attached hydrogens (tertiary/aromatic N) is 1. The summed E-state index contributed by atoms with van der Waals surface area (Å²) in [4.78, 5) is 24.6. The molecule has 0 aliphatic rings. The van der Waals surface area contributed by atoms with Gasteiger partial charge >= 0.3 is 6.03 Å². The van der Waals surface area contributed by atoms with Crippen molar-refractivity contribution in [2.75, 3.05) is 26.2 Å². The number of hydrogen-bond acceptors (Lipinski definition) is 4. The first kappa shape index (κ1) is 15.6. The molecule has 0 aromatic rings. The van der Waals surface area contributed by atoms with Crippen molar-refractivity contribution in [2.24, 2.45) is 0 Å². The molecule has 0 saturated heterocycles. The predicted octanol–water partition coefficient (Wildman–Crippen LogP) is -0.299. The van der Waals surface area contributed by atoms with Gasteiger partial charge in [-0.15, -0.1) is 6.58 Å². The van der Waals surface area contributed by atoms with Crippen LogP contribution in [0.25, 0.3) is 0 Å². The van der Waals surface area contributed by atoms with Gasteiger partial charge in [0.05, 0.1) is 12.6 Å². The number of carbonyl (C=O) groups excluding carboxylic acids is 2. The van der Waals surface area contributed by atoms with Crippen LogP contribution in [-0.4, -0.2) is 54.2 Å². The van der Waals surface area contributed by atoms with Crippen LogP contribution in [0.3, 0.4) is 0 Å². The molecule has 0 aromatic heterocycles. The second-order valence-electron chi connectivity index (χ2n) is 3.53. The lowest BCUT2D eigenvalue weighted by Crippen LogP contribution is -2.50. The average molecular weight is 243 g/mol. The van der Waals surface area contributed by atoms with Gasteiger partial charge in [0.25, 0.3) is 0 Å². The van der Waals surface area contributed by atoms with Crippen LogP contribution in [0, 0.1) is 0 Å². The summed E-state index contributed by atoms with van der Waals surface area (Å²) in [5.41, 5.74) is 0. The molecule has 0 aliphatic heterocycles. The molecule has 0 heterocycles. The van der Waals surface area contributed by atoms with Crippen LogP contribution in [0.4, 0.5) is 4.79 Å². The number of nitrogens with one attached hydrogen (secondary N) is 2. The van der Waals surface area contributed by atoms with E-state index >= 15 is 0 Å². The number of amides is 3. The van der Waals surface area contributed by atoms with E-state index in [-0.39, 0.29) is 6.61 Å². The summed E-state index contributed by atoms with van der Waals surface area (Å²) < 4.78 is 0. The first-order valence-electron chi connectivity index (χ1n) is 5.61. The zero-order valence-corrected chi connectivity index (χ0v) is 10.4. The summed E-state index contributed by atoms with van der Waals surface area (Å²) in [6.45, 7) is 8.27. The van der Waals surface area contributed by atoms with Crippen molar-refractivity contribution in [3.63, 3.8) is 0 Å². The molecule has 6 nitrogen and oxygen atoms in total. The summed E-state index contributed by atoms with van der Waals surface area (Å²) in [6, 6.07) is -1.00. The van der Waals surface area contributed by atoms with Gasteiger partial charge in [0.15, 0.2) is 0 Å².